The van der Waals surface area contributed by atoms with E-state index in [-0.39, 0.29) is 0 Å². The first-order valence-electron chi connectivity index (χ1n) is 8.89. The molecule has 2 atom stereocenters. The first-order valence-corrected chi connectivity index (χ1v) is 9.71. The standard InChI is InChI=1S/C18H24N6S/c1-11(2)16-10-24-15(8-21-18(24)25-16)14-7-19-9-17(23-14)22-13-5-4-12(3)20-6-13/h7-13,20H,4-6H2,1-3H3,(H,22,23)/t12-,13+/m0/s1. The largest absolute Gasteiger partial charge is 0.365 e. The van der Waals surface area contributed by atoms with Crippen molar-refractivity contribution < 1.29 is 0 Å². The maximum atomic E-state index is 4.77. The number of thiazole rings is 1. The number of nitrogens with one attached hydrogen (secondary N) is 2. The summed E-state index contributed by atoms with van der Waals surface area (Å²) in [5.41, 5.74) is 1.84. The highest BCUT2D eigenvalue weighted by molar-refractivity contribution is 7.17. The van der Waals surface area contributed by atoms with Crippen molar-refractivity contribution >= 4 is 22.1 Å². The zero-order chi connectivity index (χ0) is 17.4. The maximum Gasteiger partial charge on any atom is 0.194 e. The molecule has 0 unspecified atom stereocenters. The molecule has 0 aliphatic carbocycles. The number of aromatic nitrogens is 4. The summed E-state index contributed by atoms with van der Waals surface area (Å²) in [4.78, 5) is 16.0. The van der Waals surface area contributed by atoms with E-state index in [1.807, 2.05) is 12.4 Å². The van der Waals surface area contributed by atoms with Gasteiger partial charge in [0.1, 0.15) is 11.5 Å². The second-order valence-electron chi connectivity index (χ2n) is 7.10. The van der Waals surface area contributed by atoms with Gasteiger partial charge in [-0.1, -0.05) is 13.8 Å². The molecule has 1 saturated heterocycles. The Morgan fingerprint density at radius 2 is 2.16 bits per heavy atom. The molecule has 4 rings (SSSR count). The zero-order valence-corrected chi connectivity index (χ0v) is 15.7. The van der Waals surface area contributed by atoms with Crippen LogP contribution >= 0.6 is 11.3 Å². The van der Waals surface area contributed by atoms with E-state index in [0.717, 1.165) is 35.1 Å². The predicted molar refractivity (Wildman–Crippen MR) is 102 cm³/mol. The Labute approximate surface area is 151 Å². The van der Waals surface area contributed by atoms with Gasteiger partial charge in [0.15, 0.2) is 4.96 Å². The summed E-state index contributed by atoms with van der Waals surface area (Å²) in [5.74, 6) is 1.33. The first kappa shape index (κ1) is 16.5. The Balaban J connectivity index is 1.59. The van der Waals surface area contributed by atoms with Gasteiger partial charge in [0.2, 0.25) is 0 Å². The third-order valence-electron chi connectivity index (χ3n) is 4.71. The van der Waals surface area contributed by atoms with Crippen molar-refractivity contribution in [2.75, 3.05) is 11.9 Å². The van der Waals surface area contributed by atoms with E-state index in [1.165, 1.54) is 11.3 Å². The Bertz CT molecular complexity index is 859. The molecule has 1 aliphatic rings. The molecule has 1 fully saturated rings. The Hall–Kier alpha value is -1.99. The van der Waals surface area contributed by atoms with E-state index in [0.29, 0.717) is 18.0 Å². The van der Waals surface area contributed by atoms with Crippen LogP contribution in [-0.2, 0) is 0 Å². The van der Waals surface area contributed by atoms with E-state index in [4.69, 9.17) is 4.98 Å². The van der Waals surface area contributed by atoms with Gasteiger partial charge in [-0.25, -0.2) is 9.97 Å². The van der Waals surface area contributed by atoms with Gasteiger partial charge in [-0.3, -0.25) is 9.38 Å². The first-order chi connectivity index (χ1) is 12.1. The fourth-order valence-electron chi connectivity index (χ4n) is 3.15. The summed E-state index contributed by atoms with van der Waals surface area (Å²) in [6, 6.07) is 1.00. The van der Waals surface area contributed by atoms with Gasteiger partial charge in [-0.05, 0) is 25.7 Å². The van der Waals surface area contributed by atoms with Crippen LogP contribution in [0, 0.1) is 0 Å². The number of rotatable bonds is 4. The Kier molecular flexibility index (Phi) is 4.43. The molecule has 6 nitrogen and oxygen atoms in total. The van der Waals surface area contributed by atoms with Crippen molar-refractivity contribution in [2.24, 2.45) is 0 Å². The van der Waals surface area contributed by atoms with Crippen LogP contribution in [-0.4, -0.2) is 38.0 Å². The van der Waals surface area contributed by atoms with E-state index < -0.39 is 0 Å². The van der Waals surface area contributed by atoms with Crippen LogP contribution in [0.5, 0.6) is 0 Å². The fourth-order valence-corrected chi connectivity index (χ4v) is 4.11. The summed E-state index contributed by atoms with van der Waals surface area (Å²) in [5, 5.41) is 7.02. The molecule has 3 aromatic rings. The molecule has 0 amide bonds. The van der Waals surface area contributed by atoms with Crippen molar-refractivity contribution in [3.63, 3.8) is 0 Å². The fraction of sp³-hybridized carbons (Fsp3) is 0.500. The van der Waals surface area contributed by atoms with Crippen LogP contribution in [0.2, 0.25) is 0 Å². The van der Waals surface area contributed by atoms with Gasteiger partial charge < -0.3 is 10.6 Å². The van der Waals surface area contributed by atoms with Crippen molar-refractivity contribution in [1.82, 2.24) is 24.7 Å². The van der Waals surface area contributed by atoms with Gasteiger partial charge in [-0.15, -0.1) is 11.3 Å². The molecule has 7 heteroatoms. The second-order valence-corrected chi connectivity index (χ2v) is 8.14. The summed E-state index contributed by atoms with van der Waals surface area (Å²) in [7, 11) is 0. The predicted octanol–water partition coefficient (Wildman–Crippen LogP) is 3.53. The quantitative estimate of drug-likeness (QED) is 0.748. The summed E-state index contributed by atoms with van der Waals surface area (Å²) in [6.07, 6.45) is 9.99. The Morgan fingerprint density at radius 3 is 2.92 bits per heavy atom. The highest BCUT2D eigenvalue weighted by Gasteiger charge is 2.18. The molecule has 0 saturated carbocycles. The lowest BCUT2D eigenvalue weighted by Gasteiger charge is -2.28. The van der Waals surface area contributed by atoms with Gasteiger partial charge in [0.25, 0.3) is 0 Å². The minimum atomic E-state index is 0.403. The van der Waals surface area contributed by atoms with E-state index in [2.05, 4.69) is 52.0 Å². The molecule has 132 valence electrons. The normalized spacial score (nSPS) is 21.1. The third kappa shape index (κ3) is 3.39. The zero-order valence-electron chi connectivity index (χ0n) is 14.9. The van der Waals surface area contributed by atoms with Crippen LogP contribution in [0.1, 0.15) is 44.4 Å². The van der Waals surface area contributed by atoms with E-state index in [1.54, 1.807) is 17.5 Å². The average molecular weight is 356 g/mol. The molecule has 0 radical (unpaired) electrons. The number of anilines is 1. The van der Waals surface area contributed by atoms with Crippen LogP contribution < -0.4 is 10.6 Å². The molecular formula is C18H24N6S. The molecule has 1 aliphatic heterocycles. The van der Waals surface area contributed by atoms with E-state index in [9.17, 15) is 0 Å². The molecule has 25 heavy (non-hydrogen) atoms. The van der Waals surface area contributed by atoms with Crippen LogP contribution in [0.3, 0.4) is 0 Å². The second kappa shape index (κ2) is 6.72. The SMILES string of the molecule is CC(C)c1cn2c(-c3cncc(N[C@@H]4CC[C@H](C)NC4)n3)cnc2s1. The number of nitrogens with zero attached hydrogens (tertiary/aromatic N) is 4. The smallest absolute Gasteiger partial charge is 0.194 e. The lowest BCUT2D eigenvalue weighted by molar-refractivity contribution is 0.398. The summed E-state index contributed by atoms with van der Waals surface area (Å²) < 4.78 is 2.12. The molecule has 0 bridgehead atoms. The van der Waals surface area contributed by atoms with Gasteiger partial charge in [0, 0.05) is 29.7 Å². The molecule has 2 N–H and O–H groups in total. The lowest BCUT2D eigenvalue weighted by Crippen LogP contribution is -2.43. The monoisotopic (exact) mass is 356 g/mol. The van der Waals surface area contributed by atoms with Crippen LogP contribution in [0.4, 0.5) is 5.82 Å². The third-order valence-corrected chi connectivity index (χ3v) is 6.00. The van der Waals surface area contributed by atoms with Gasteiger partial charge >= 0.3 is 0 Å². The van der Waals surface area contributed by atoms with E-state index >= 15 is 0 Å². The summed E-state index contributed by atoms with van der Waals surface area (Å²) in [6.45, 7) is 7.60. The van der Waals surface area contributed by atoms with Crippen LogP contribution in [0.25, 0.3) is 16.3 Å². The van der Waals surface area contributed by atoms with Crippen molar-refractivity contribution in [3.8, 4) is 11.4 Å². The van der Waals surface area contributed by atoms with Crippen molar-refractivity contribution in [3.05, 3.63) is 29.7 Å². The number of piperidine rings is 1. The van der Waals surface area contributed by atoms with Crippen LogP contribution in [0.15, 0.2) is 24.8 Å². The number of hydrogen-bond donors (Lipinski definition) is 2. The molecular weight excluding hydrogens is 332 g/mol. The minimum Gasteiger partial charge on any atom is -0.365 e. The molecule has 3 aromatic heterocycles. The summed E-state index contributed by atoms with van der Waals surface area (Å²) >= 11 is 1.73. The highest BCUT2D eigenvalue weighted by Crippen LogP contribution is 2.29. The van der Waals surface area contributed by atoms with Crippen molar-refractivity contribution in [2.45, 2.75) is 51.6 Å². The minimum absolute atomic E-state index is 0.403. The van der Waals surface area contributed by atoms with Gasteiger partial charge in [-0.2, -0.15) is 0 Å². The van der Waals surface area contributed by atoms with Gasteiger partial charge in [0.05, 0.1) is 24.3 Å². The highest BCUT2D eigenvalue weighted by atomic mass is 32.1. The van der Waals surface area contributed by atoms with Crippen molar-refractivity contribution in [1.29, 1.82) is 0 Å². The Morgan fingerprint density at radius 1 is 1.28 bits per heavy atom. The topological polar surface area (TPSA) is 67.1 Å². The number of fused-ring (bicyclic) bond motifs is 1. The average Bonchev–Trinajstić information content (AvgIpc) is 3.18. The number of imidazole rings is 1. The molecule has 0 aromatic carbocycles. The molecule has 0 spiro atoms. The maximum absolute atomic E-state index is 4.77. The molecule has 4 heterocycles. The lowest BCUT2D eigenvalue weighted by atomic mass is 10.0. The number of hydrogen-bond acceptors (Lipinski definition) is 6.